The summed E-state index contributed by atoms with van der Waals surface area (Å²) in [4.78, 5) is 2.37. The molecule has 3 heteroatoms. The summed E-state index contributed by atoms with van der Waals surface area (Å²) >= 11 is 5.86. The van der Waals surface area contributed by atoms with Crippen molar-refractivity contribution in [1.29, 1.82) is 0 Å². The Morgan fingerprint density at radius 1 is 0.933 bits per heavy atom. The summed E-state index contributed by atoms with van der Waals surface area (Å²) in [5.74, 6) is 0. The van der Waals surface area contributed by atoms with Crippen LogP contribution in [0.25, 0.3) is 0 Å². The van der Waals surface area contributed by atoms with Crippen molar-refractivity contribution in [3.8, 4) is 0 Å². The molecule has 0 spiro atoms. The molecule has 0 aliphatic heterocycles. The molecule has 0 aliphatic carbocycles. The maximum atomic E-state index is 5.86. The van der Waals surface area contributed by atoms with Crippen molar-refractivity contribution < 1.29 is 0 Å². The fourth-order valence-electron chi connectivity index (χ4n) is 1.81. The van der Waals surface area contributed by atoms with Gasteiger partial charge in [-0.05, 0) is 52.0 Å². The average molecular weight is 248 g/mol. The van der Waals surface area contributed by atoms with E-state index in [-0.39, 0.29) is 12.4 Å². The van der Waals surface area contributed by atoms with Gasteiger partial charge in [0.15, 0.2) is 0 Å². The first-order chi connectivity index (χ1) is 6.52. The monoisotopic (exact) mass is 247 g/mol. The van der Waals surface area contributed by atoms with Crippen LogP contribution < -0.4 is 4.90 Å². The molecule has 1 aromatic rings. The molecule has 0 aromatic heterocycles. The molecule has 0 saturated heterocycles. The molecule has 0 N–H and O–H groups in total. The topological polar surface area (TPSA) is 3.24 Å². The first-order valence-electron chi connectivity index (χ1n) is 5.06. The van der Waals surface area contributed by atoms with E-state index in [0.717, 1.165) is 5.02 Å². The van der Waals surface area contributed by atoms with E-state index in [0.29, 0.717) is 12.1 Å². The van der Waals surface area contributed by atoms with E-state index >= 15 is 0 Å². The Kier molecular flexibility index (Phi) is 6.07. The van der Waals surface area contributed by atoms with Crippen LogP contribution in [0.3, 0.4) is 0 Å². The second kappa shape index (κ2) is 6.24. The molecule has 15 heavy (non-hydrogen) atoms. The van der Waals surface area contributed by atoms with Crippen LogP contribution in [0.5, 0.6) is 0 Å². The van der Waals surface area contributed by atoms with Crippen LogP contribution in [0.2, 0.25) is 5.02 Å². The van der Waals surface area contributed by atoms with Crippen LogP contribution in [-0.4, -0.2) is 12.1 Å². The van der Waals surface area contributed by atoms with E-state index in [1.807, 2.05) is 12.1 Å². The smallest absolute Gasteiger partial charge is 0.0407 e. The minimum absolute atomic E-state index is 0. The maximum absolute atomic E-state index is 5.86. The SMILES string of the molecule is CC(C)N(c1ccc(Cl)cc1)C(C)C.Cl. The number of halogens is 2. The molecule has 0 atom stereocenters. The van der Waals surface area contributed by atoms with Crippen molar-refractivity contribution >= 4 is 29.7 Å². The largest absolute Gasteiger partial charge is 0.367 e. The Morgan fingerprint density at radius 2 is 1.33 bits per heavy atom. The van der Waals surface area contributed by atoms with Gasteiger partial charge in [-0.25, -0.2) is 0 Å². The van der Waals surface area contributed by atoms with Gasteiger partial charge in [0, 0.05) is 22.8 Å². The lowest BCUT2D eigenvalue weighted by Crippen LogP contribution is -2.36. The van der Waals surface area contributed by atoms with Gasteiger partial charge in [-0.2, -0.15) is 0 Å². The Balaban J connectivity index is 0.00000196. The van der Waals surface area contributed by atoms with Crippen LogP contribution >= 0.6 is 24.0 Å². The predicted octanol–water partition coefficient (Wildman–Crippen LogP) is 4.39. The van der Waals surface area contributed by atoms with Crippen molar-refractivity contribution in [2.75, 3.05) is 4.90 Å². The first kappa shape index (κ1) is 14.6. The molecule has 0 fully saturated rings. The lowest BCUT2D eigenvalue weighted by Gasteiger charge is -2.33. The number of rotatable bonds is 3. The molecule has 0 amide bonds. The quantitative estimate of drug-likeness (QED) is 0.767. The summed E-state index contributed by atoms with van der Waals surface area (Å²) in [6, 6.07) is 9.04. The highest BCUT2D eigenvalue weighted by Gasteiger charge is 2.13. The number of hydrogen-bond acceptors (Lipinski definition) is 1. The van der Waals surface area contributed by atoms with E-state index in [4.69, 9.17) is 11.6 Å². The van der Waals surface area contributed by atoms with Crippen molar-refractivity contribution in [2.24, 2.45) is 0 Å². The number of hydrogen-bond donors (Lipinski definition) is 0. The van der Waals surface area contributed by atoms with E-state index in [1.165, 1.54) is 5.69 Å². The molecule has 1 nitrogen and oxygen atoms in total. The molecular weight excluding hydrogens is 229 g/mol. The molecule has 0 radical (unpaired) electrons. The van der Waals surface area contributed by atoms with Crippen LogP contribution in [0, 0.1) is 0 Å². The van der Waals surface area contributed by atoms with E-state index in [2.05, 4.69) is 44.7 Å². The highest BCUT2D eigenvalue weighted by Crippen LogP contribution is 2.22. The summed E-state index contributed by atoms with van der Waals surface area (Å²) in [7, 11) is 0. The van der Waals surface area contributed by atoms with Gasteiger partial charge in [-0.15, -0.1) is 12.4 Å². The molecule has 1 rings (SSSR count). The first-order valence-corrected chi connectivity index (χ1v) is 5.44. The standard InChI is InChI=1S/C12H18ClN.ClH/c1-9(2)14(10(3)4)12-7-5-11(13)6-8-12;/h5-10H,1-4H3;1H. The zero-order valence-electron chi connectivity index (χ0n) is 9.70. The Hall–Kier alpha value is -0.400. The van der Waals surface area contributed by atoms with Gasteiger partial charge in [0.1, 0.15) is 0 Å². The zero-order valence-corrected chi connectivity index (χ0v) is 11.3. The van der Waals surface area contributed by atoms with Gasteiger partial charge in [-0.3, -0.25) is 0 Å². The zero-order chi connectivity index (χ0) is 10.7. The molecule has 0 bridgehead atoms. The highest BCUT2D eigenvalue weighted by atomic mass is 35.5. The fraction of sp³-hybridized carbons (Fsp3) is 0.500. The van der Waals surface area contributed by atoms with Gasteiger partial charge < -0.3 is 4.90 Å². The Bertz CT molecular complexity index is 272. The second-order valence-corrected chi connectivity index (χ2v) is 4.51. The summed E-state index contributed by atoms with van der Waals surface area (Å²) < 4.78 is 0. The third-order valence-corrected chi connectivity index (χ3v) is 2.49. The molecule has 1 aromatic carbocycles. The minimum Gasteiger partial charge on any atom is -0.367 e. The van der Waals surface area contributed by atoms with Crippen LogP contribution in [-0.2, 0) is 0 Å². The lowest BCUT2D eigenvalue weighted by molar-refractivity contribution is 0.608. The fourth-order valence-corrected chi connectivity index (χ4v) is 1.93. The van der Waals surface area contributed by atoms with E-state index < -0.39 is 0 Å². The summed E-state index contributed by atoms with van der Waals surface area (Å²) in [5.41, 5.74) is 1.24. The van der Waals surface area contributed by atoms with Gasteiger partial charge in [0.25, 0.3) is 0 Å². The van der Waals surface area contributed by atoms with Crippen LogP contribution in [0.4, 0.5) is 5.69 Å². The average Bonchev–Trinajstić information content (AvgIpc) is 2.07. The van der Waals surface area contributed by atoms with Gasteiger partial charge in [-0.1, -0.05) is 11.6 Å². The molecule has 86 valence electrons. The summed E-state index contributed by atoms with van der Waals surface area (Å²) in [6.07, 6.45) is 0. The minimum atomic E-state index is 0. The highest BCUT2D eigenvalue weighted by molar-refractivity contribution is 6.30. The number of anilines is 1. The summed E-state index contributed by atoms with van der Waals surface area (Å²) in [6.45, 7) is 8.81. The number of nitrogens with zero attached hydrogens (tertiary/aromatic N) is 1. The Labute approximate surface area is 104 Å². The van der Waals surface area contributed by atoms with Crippen molar-refractivity contribution in [1.82, 2.24) is 0 Å². The molecule has 0 saturated carbocycles. The lowest BCUT2D eigenvalue weighted by atomic mass is 10.2. The molecule has 0 heterocycles. The normalized spacial score (nSPS) is 10.3. The number of benzene rings is 1. The van der Waals surface area contributed by atoms with Crippen LogP contribution in [0.1, 0.15) is 27.7 Å². The van der Waals surface area contributed by atoms with Gasteiger partial charge in [0.05, 0.1) is 0 Å². The third-order valence-electron chi connectivity index (χ3n) is 2.24. The predicted molar refractivity (Wildman–Crippen MR) is 71.5 cm³/mol. The van der Waals surface area contributed by atoms with Crippen LogP contribution in [0.15, 0.2) is 24.3 Å². The third kappa shape index (κ3) is 3.92. The van der Waals surface area contributed by atoms with Gasteiger partial charge in [0.2, 0.25) is 0 Å². The van der Waals surface area contributed by atoms with Crippen molar-refractivity contribution in [3.05, 3.63) is 29.3 Å². The second-order valence-electron chi connectivity index (χ2n) is 4.07. The molecule has 0 unspecified atom stereocenters. The summed E-state index contributed by atoms with van der Waals surface area (Å²) in [5, 5.41) is 0.793. The maximum Gasteiger partial charge on any atom is 0.0407 e. The van der Waals surface area contributed by atoms with E-state index in [1.54, 1.807) is 0 Å². The van der Waals surface area contributed by atoms with Crippen molar-refractivity contribution in [3.63, 3.8) is 0 Å². The van der Waals surface area contributed by atoms with Crippen molar-refractivity contribution in [2.45, 2.75) is 39.8 Å². The molecular formula is C12H19Cl2N. The molecule has 0 aliphatic rings. The van der Waals surface area contributed by atoms with E-state index in [9.17, 15) is 0 Å². The Morgan fingerprint density at radius 3 is 1.67 bits per heavy atom. The van der Waals surface area contributed by atoms with Gasteiger partial charge >= 0.3 is 0 Å².